The predicted molar refractivity (Wildman–Crippen MR) is 86.2 cm³/mol. The fraction of sp³-hybridized carbons (Fsp3) is 0.214. The molecule has 0 aromatic carbocycles. The molecule has 0 fully saturated rings. The zero-order chi connectivity index (χ0) is 16.7. The molecule has 3 rings (SSSR count). The van der Waals surface area contributed by atoms with Gasteiger partial charge in [0.1, 0.15) is 10.7 Å². The van der Waals surface area contributed by atoms with Crippen LogP contribution in [0.15, 0.2) is 27.9 Å². The fourth-order valence-corrected chi connectivity index (χ4v) is 3.33. The third-order valence-electron chi connectivity index (χ3n) is 3.59. The number of rotatable bonds is 3. The Balaban J connectivity index is 2.09. The first-order chi connectivity index (χ1) is 10.9. The Morgan fingerprint density at radius 2 is 2.09 bits per heavy atom. The fourth-order valence-electron chi connectivity index (χ4n) is 2.29. The third-order valence-corrected chi connectivity index (χ3v) is 4.69. The van der Waals surface area contributed by atoms with E-state index in [9.17, 15) is 19.7 Å². The molecule has 0 bridgehead atoms. The van der Waals surface area contributed by atoms with Gasteiger partial charge in [-0.15, -0.1) is 11.3 Å². The Morgan fingerprint density at radius 3 is 2.78 bits per heavy atom. The maximum atomic E-state index is 12.2. The van der Waals surface area contributed by atoms with E-state index in [2.05, 4.69) is 9.97 Å². The largest absolute Gasteiger partial charge is 0.308 e. The Hall–Kier alpha value is -2.81. The van der Waals surface area contributed by atoms with Crippen molar-refractivity contribution in [1.82, 2.24) is 14.5 Å². The summed E-state index contributed by atoms with van der Waals surface area (Å²) in [5, 5.41) is 11.3. The summed E-state index contributed by atoms with van der Waals surface area (Å²) < 4.78 is 1.15. The van der Waals surface area contributed by atoms with Crippen molar-refractivity contribution in [3.63, 3.8) is 0 Å². The number of thiophene rings is 1. The summed E-state index contributed by atoms with van der Waals surface area (Å²) in [4.78, 5) is 42.8. The molecule has 3 aromatic rings. The second-order valence-electron chi connectivity index (χ2n) is 5.09. The lowest BCUT2D eigenvalue weighted by Crippen LogP contribution is -2.22. The number of nitro groups is 1. The molecule has 1 N–H and O–H groups in total. The van der Waals surface area contributed by atoms with Gasteiger partial charge < -0.3 is 9.55 Å². The van der Waals surface area contributed by atoms with E-state index in [4.69, 9.17) is 0 Å². The molecule has 0 atom stereocenters. The van der Waals surface area contributed by atoms with Crippen LogP contribution < -0.4 is 11.1 Å². The van der Waals surface area contributed by atoms with Gasteiger partial charge in [0, 0.05) is 17.0 Å². The average molecular weight is 332 g/mol. The normalized spacial score (nSPS) is 11.0. The number of nitrogens with zero attached hydrogens (tertiary/aromatic N) is 3. The smallest absolute Gasteiger partial charge is 0.285 e. The molecule has 0 amide bonds. The second-order valence-corrected chi connectivity index (χ2v) is 6.29. The van der Waals surface area contributed by atoms with E-state index in [1.165, 1.54) is 11.3 Å². The van der Waals surface area contributed by atoms with E-state index >= 15 is 0 Å². The van der Waals surface area contributed by atoms with Crippen molar-refractivity contribution < 1.29 is 4.92 Å². The van der Waals surface area contributed by atoms with Crippen LogP contribution in [-0.2, 0) is 6.54 Å². The van der Waals surface area contributed by atoms with E-state index in [-0.39, 0.29) is 23.6 Å². The van der Waals surface area contributed by atoms with Crippen LogP contribution in [0.5, 0.6) is 0 Å². The van der Waals surface area contributed by atoms with Gasteiger partial charge in [0.05, 0.1) is 23.1 Å². The lowest BCUT2D eigenvalue weighted by atomic mass is 10.2. The van der Waals surface area contributed by atoms with Gasteiger partial charge in [0.15, 0.2) is 0 Å². The molecule has 0 spiro atoms. The number of aromatic amines is 1. The summed E-state index contributed by atoms with van der Waals surface area (Å²) >= 11 is 1.40. The number of fused-ring (bicyclic) bond motifs is 1. The van der Waals surface area contributed by atoms with Crippen molar-refractivity contribution in [3.05, 3.63) is 65.4 Å². The van der Waals surface area contributed by atoms with Crippen LogP contribution in [0.25, 0.3) is 10.2 Å². The minimum atomic E-state index is -0.582. The van der Waals surface area contributed by atoms with Gasteiger partial charge in [-0.05, 0) is 19.4 Å². The predicted octanol–water partition coefficient (Wildman–Crippen LogP) is 1.72. The number of aryl methyl sites for hydroxylation is 2. The highest BCUT2D eigenvalue weighted by Gasteiger charge is 2.13. The summed E-state index contributed by atoms with van der Waals surface area (Å²) in [6.07, 6.45) is 1.14. The highest BCUT2D eigenvalue weighted by molar-refractivity contribution is 7.18. The van der Waals surface area contributed by atoms with Crippen LogP contribution in [0.3, 0.4) is 0 Å². The van der Waals surface area contributed by atoms with E-state index < -0.39 is 10.5 Å². The SMILES string of the molecule is Cc1sc2nc(Cn3cc([N+](=O)[O-])ccc3=O)[nH]c(=O)c2c1C. The van der Waals surface area contributed by atoms with Crippen molar-refractivity contribution in [2.45, 2.75) is 20.4 Å². The first kappa shape index (κ1) is 15.1. The van der Waals surface area contributed by atoms with E-state index in [0.717, 1.165) is 33.3 Å². The number of H-pyrrole nitrogens is 1. The molecule has 118 valence electrons. The molecule has 3 aromatic heterocycles. The molecule has 8 nitrogen and oxygen atoms in total. The minimum absolute atomic E-state index is 0.0400. The summed E-state index contributed by atoms with van der Waals surface area (Å²) in [5.74, 6) is 0.284. The van der Waals surface area contributed by atoms with E-state index in [1.807, 2.05) is 13.8 Å². The topological polar surface area (TPSA) is 111 Å². The van der Waals surface area contributed by atoms with Gasteiger partial charge in [-0.25, -0.2) is 4.98 Å². The van der Waals surface area contributed by atoms with Crippen LogP contribution in [-0.4, -0.2) is 19.5 Å². The first-order valence-electron chi connectivity index (χ1n) is 6.70. The van der Waals surface area contributed by atoms with Gasteiger partial charge in [0.2, 0.25) is 0 Å². The summed E-state index contributed by atoms with van der Waals surface area (Å²) in [5.41, 5.74) is 0.0101. The standard InChI is InChI=1S/C14H12N4O4S/c1-7-8(2)23-14-12(7)13(20)15-10(16-14)6-17-5-9(18(21)22)3-4-11(17)19/h3-5H,6H2,1-2H3,(H,15,16,20). The van der Waals surface area contributed by atoms with Crippen molar-refractivity contribution in [2.75, 3.05) is 0 Å². The first-order valence-corrected chi connectivity index (χ1v) is 7.52. The van der Waals surface area contributed by atoms with Crippen LogP contribution in [0.2, 0.25) is 0 Å². The van der Waals surface area contributed by atoms with Crippen LogP contribution >= 0.6 is 11.3 Å². The molecule has 0 saturated heterocycles. The van der Waals surface area contributed by atoms with Crippen molar-refractivity contribution in [3.8, 4) is 0 Å². The Kier molecular flexibility index (Phi) is 3.57. The number of hydrogen-bond acceptors (Lipinski definition) is 6. The summed E-state index contributed by atoms with van der Waals surface area (Å²) in [7, 11) is 0. The molecular weight excluding hydrogens is 320 g/mol. The van der Waals surface area contributed by atoms with Crippen LogP contribution in [0, 0.1) is 24.0 Å². The highest BCUT2D eigenvalue weighted by Crippen LogP contribution is 2.25. The van der Waals surface area contributed by atoms with Crippen molar-refractivity contribution in [2.24, 2.45) is 0 Å². The minimum Gasteiger partial charge on any atom is -0.308 e. The van der Waals surface area contributed by atoms with Crippen molar-refractivity contribution in [1.29, 1.82) is 0 Å². The summed E-state index contributed by atoms with van der Waals surface area (Å²) in [6.45, 7) is 3.73. The zero-order valence-electron chi connectivity index (χ0n) is 12.3. The maximum absolute atomic E-state index is 12.2. The van der Waals surface area contributed by atoms with E-state index in [0.29, 0.717) is 10.2 Å². The van der Waals surface area contributed by atoms with Gasteiger partial charge >= 0.3 is 0 Å². The molecule has 0 aliphatic rings. The molecule has 0 saturated carbocycles. The number of pyridine rings is 1. The van der Waals surface area contributed by atoms with Crippen molar-refractivity contribution >= 4 is 27.2 Å². The number of nitrogens with one attached hydrogen (secondary N) is 1. The van der Waals surface area contributed by atoms with Gasteiger partial charge in [-0.1, -0.05) is 0 Å². The van der Waals surface area contributed by atoms with Gasteiger partial charge in [-0.3, -0.25) is 19.7 Å². The number of hydrogen-bond donors (Lipinski definition) is 1. The maximum Gasteiger partial charge on any atom is 0.285 e. The van der Waals surface area contributed by atoms with Crippen LogP contribution in [0.4, 0.5) is 5.69 Å². The number of aromatic nitrogens is 3. The summed E-state index contributed by atoms with van der Waals surface area (Å²) in [6, 6.07) is 2.26. The van der Waals surface area contributed by atoms with E-state index in [1.54, 1.807) is 0 Å². The quantitative estimate of drug-likeness (QED) is 0.580. The Morgan fingerprint density at radius 1 is 1.35 bits per heavy atom. The Labute approximate surface area is 133 Å². The molecule has 9 heteroatoms. The molecule has 0 radical (unpaired) electrons. The van der Waals surface area contributed by atoms with Gasteiger partial charge in [-0.2, -0.15) is 0 Å². The molecule has 3 heterocycles. The third kappa shape index (κ3) is 2.66. The lowest BCUT2D eigenvalue weighted by molar-refractivity contribution is -0.385. The molecule has 0 aliphatic heterocycles. The highest BCUT2D eigenvalue weighted by atomic mass is 32.1. The second kappa shape index (κ2) is 5.43. The van der Waals surface area contributed by atoms with Gasteiger partial charge in [0.25, 0.3) is 16.8 Å². The monoisotopic (exact) mass is 332 g/mol. The molecular formula is C14H12N4O4S. The average Bonchev–Trinajstić information content (AvgIpc) is 2.76. The zero-order valence-corrected chi connectivity index (χ0v) is 13.1. The Bertz CT molecular complexity index is 1050. The lowest BCUT2D eigenvalue weighted by Gasteiger charge is -2.05. The van der Waals surface area contributed by atoms with Crippen LogP contribution in [0.1, 0.15) is 16.3 Å². The molecule has 0 aliphatic carbocycles. The molecule has 23 heavy (non-hydrogen) atoms. The molecule has 0 unspecified atom stereocenters.